The lowest BCUT2D eigenvalue weighted by molar-refractivity contribution is -0.149. The third kappa shape index (κ3) is 2.66. The molecule has 0 unspecified atom stereocenters. The van der Waals surface area contributed by atoms with Crippen LogP contribution in [0.15, 0.2) is 18.5 Å². The minimum Gasteiger partial charge on any atom is -0.462 e. The summed E-state index contributed by atoms with van der Waals surface area (Å²) in [7, 11) is 0. The third-order valence-electron chi connectivity index (χ3n) is 5.92. The molecular weight excluding hydrogens is 330 g/mol. The molecule has 0 spiro atoms. The number of carbonyl (C=O) groups excluding carboxylic acids is 1. The van der Waals surface area contributed by atoms with Crippen LogP contribution in [0.25, 0.3) is 16.8 Å². The molecule has 7 heteroatoms. The van der Waals surface area contributed by atoms with Crippen molar-refractivity contribution in [2.75, 3.05) is 0 Å². The van der Waals surface area contributed by atoms with Crippen LogP contribution < -0.4 is 0 Å². The van der Waals surface area contributed by atoms with Crippen LogP contribution in [0.4, 0.5) is 0 Å². The van der Waals surface area contributed by atoms with Gasteiger partial charge in [0.2, 0.25) is 0 Å². The first-order chi connectivity index (χ1) is 12.7. The Balaban J connectivity index is 1.44. The molecule has 0 aromatic carbocycles. The largest absolute Gasteiger partial charge is 0.462 e. The van der Waals surface area contributed by atoms with Gasteiger partial charge in [-0.3, -0.25) is 9.20 Å². The molecule has 3 aromatic heterocycles. The molecule has 0 aliphatic heterocycles. The Kier molecular flexibility index (Phi) is 3.69. The summed E-state index contributed by atoms with van der Waals surface area (Å²) in [4.78, 5) is 19.7. The Bertz CT molecular complexity index is 957. The van der Waals surface area contributed by atoms with Gasteiger partial charge >= 0.3 is 5.97 Å². The van der Waals surface area contributed by atoms with Crippen molar-refractivity contribution in [3.8, 4) is 0 Å². The summed E-state index contributed by atoms with van der Waals surface area (Å²) < 4.78 is 7.89. The molecule has 0 radical (unpaired) electrons. The summed E-state index contributed by atoms with van der Waals surface area (Å²) in [5, 5.41) is 8.82. The average Bonchev–Trinajstić information content (AvgIpc) is 3.03. The molecule has 0 saturated heterocycles. The first-order valence-corrected chi connectivity index (χ1v) is 9.59. The van der Waals surface area contributed by atoms with Crippen LogP contribution >= 0.6 is 0 Å². The highest BCUT2D eigenvalue weighted by atomic mass is 16.5. The number of aromatic amines is 1. The molecule has 136 valence electrons. The number of hydrogen-bond donors (Lipinski definition) is 1. The summed E-state index contributed by atoms with van der Waals surface area (Å²) in [5.74, 6) is 2.19. The maximum atomic E-state index is 12.1. The predicted molar refractivity (Wildman–Crippen MR) is 95.6 cm³/mol. The van der Waals surface area contributed by atoms with Crippen molar-refractivity contribution >= 4 is 22.8 Å². The zero-order valence-electron chi connectivity index (χ0n) is 14.9. The van der Waals surface area contributed by atoms with Gasteiger partial charge in [0, 0.05) is 18.5 Å². The van der Waals surface area contributed by atoms with Crippen molar-refractivity contribution in [2.45, 2.75) is 57.5 Å². The highest BCUT2D eigenvalue weighted by Gasteiger charge is 2.39. The molecule has 3 heterocycles. The molecule has 3 atom stereocenters. The smallest absolute Gasteiger partial charge is 0.306 e. The summed E-state index contributed by atoms with van der Waals surface area (Å²) in [5.41, 5.74) is 2.58. The number of esters is 1. The molecule has 2 aliphatic carbocycles. The van der Waals surface area contributed by atoms with Crippen molar-refractivity contribution in [3.63, 3.8) is 0 Å². The number of fused-ring (bicyclic) bond motifs is 3. The molecule has 7 nitrogen and oxygen atoms in total. The zero-order chi connectivity index (χ0) is 17.7. The highest BCUT2D eigenvalue weighted by molar-refractivity contribution is 5.74. The Morgan fingerprint density at radius 2 is 2.23 bits per heavy atom. The van der Waals surface area contributed by atoms with Crippen LogP contribution in [-0.2, 0) is 9.53 Å². The molecule has 2 fully saturated rings. The second-order valence-corrected chi connectivity index (χ2v) is 7.73. The van der Waals surface area contributed by atoms with Crippen LogP contribution in [0.5, 0.6) is 0 Å². The lowest BCUT2D eigenvalue weighted by atomic mass is 9.93. The Hall–Kier alpha value is -2.44. The Labute approximate surface area is 151 Å². The molecule has 0 bridgehead atoms. The van der Waals surface area contributed by atoms with E-state index in [9.17, 15) is 4.79 Å². The molecular formula is C19H23N5O2. The highest BCUT2D eigenvalue weighted by Crippen LogP contribution is 2.43. The molecule has 0 amide bonds. The topological polar surface area (TPSA) is 85.2 Å². The lowest BCUT2D eigenvalue weighted by Crippen LogP contribution is -2.15. The number of nitrogens with zero attached hydrogens (tertiary/aromatic N) is 4. The van der Waals surface area contributed by atoms with Crippen LogP contribution in [0.3, 0.4) is 0 Å². The monoisotopic (exact) mass is 353 g/mol. The van der Waals surface area contributed by atoms with Crippen LogP contribution in [0.1, 0.15) is 57.2 Å². The second kappa shape index (κ2) is 6.07. The third-order valence-corrected chi connectivity index (χ3v) is 5.92. The number of nitrogens with one attached hydrogen (secondary N) is 1. The second-order valence-electron chi connectivity index (χ2n) is 7.73. The molecule has 2 aliphatic rings. The van der Waals surface area contributed by atoms with Gasteiger partial charge in [-0.05, 0) is 43.6 Å². The van der Waals surface area contributed by atoms with Crippen LogP contribution in [-0.4, -0.2) is 36.6 Å². The number of ether oxygens (including phenoxy) is 1. The Morgan fingerprint density at radius 3 is 3.04 bits per heavy atom. The number of aromatic nitrogens is 5. The summed E-state index contributed by atoms with van der Waals surface area (Å²) in [6, 6.07) is 2.01. The predicted octanol–water partition coefficient (Wildman–Crippen LogP) is 3.22. The van der Waals surface area contributed by atoms with Gasteiger partial charge in [0.05, 0.1) is 11.7 Å². The number of rotatable bonds is 5. The molecule has 3 aromatic rings. The molecule has 5 rings (SSSR count). The fourth-order valence-electron chi connectivity index (χ4n) is 4.37. The maximum absolute atomic E-state index is 12.1. The zero-order valence-corrected chi connectivity index (χ0v) is 14.9. The normalized spacial score (nSPS) is 26.0. The first-order valence-electron chi connectivity index (χ1n) is 9.59. The standard InChI is InChI=1S/C19H23N5O2/c1-2-12-8-13(26-17(25)7-11-3-4-11)9-14(12)19-23-22-16-10-21-18-15(24(16)19)5-6-20-18/h5-6,10-14,20H,2-4,7-9H2,1H3/t12-,13+,14+/m1/s1. The van der Waals surface area contributed by atoms with Crippen molar-refractivity contribution in [1.29, 1.82) is 0 Å². The van der Waals surface area contributed by atoms with Gasteiger partial charge in [0.1, 0.15) is 11.9 Å². The SMILES string of the molecule is CC[C@@H]1C[C@H](OC(=O)CC2CC2)C[C@@H]1c1nnc2cnc3[nH]ccc3n12. The van der Waals surface area contributed by atoms with E-state index in [0.29, 0.717) is 18.3 Å². The van der Waals surface area contributed by atoms with Gasteiger partial charge in [-0.1, -0.05) is 13.3 Å². The summed E-state index contributed by atoms with van der Waals surface area (Å²) >= 11 is 0. The van der Waals surface area contributed by atoms with E-state index in [0.717, 1.165) is 41.9 Å². The lowest BCUT2D eigenvalue weighted by Gasteiger charge is -2.15. The van der Waals surface area contributed by atoms with Crippen LogP contribution in [0.2, 0.25) is 0 Å². The van der Waals surface area contributed by atoms with Crippen LogP contribution in [0, 0.1) is 11.8 Å². The van der Waals surface area contributed by atoms with E-state index >= 15 is 0 Å². The number of hydrogen-bond acceptors (Lipinski definition) is 5. The fraction of sp³-hybridized carbons (Fsp3) is 0.579. The molecule has 26 heavy (non-hydrogen) atoms. The van der Waals surface area contributed by atoms with Crippen molar-refractivity contribution in [2.24, 2.45) is 11.8 Å². The van der Waals surface area contributed by atoms with E-state index in [-0.39, 0.29) is 18.0 Å². The van der Waals surface area contributed by atoms with Crippen molar-refractivity contribution < 1.29 is 9.53 Å². The van der Waals surface area contributed by atoms with Gasteiger partial charge in [0.15, 0.2) is 11.3 Å². The van der Waals surface area contributed by atoms with E-state index in [4.69, 9.17) is 4.74 Å². The van der Waals surface area contributed by atoms with Crippen molar-refractivity contribution in [3.05, 3.63) is 24.3 Å². The minimum atomic E-state index is -0.0312. The van der Waals surface area contributed by atoms with Gasteiger partial charge < -0.3 is 9.72 Å². The minimum absolute atomic E-state index is 0.00731. The van der Waals surface area contributed by atoms with Gasteiger partial charge in [-0.25, -0.2) is 4.98 Å². The first kappa shape index (κ1) is 15.8. The number of carbonyl (C=O) groups is 1. The van der Waals surface area contributed by atoms with E-state index in [2.05, 4.69) is 31.5 Å². The van der Waals surface area contributed by atoms with Gasteiger partial charge in [-0.2, -0.15) is 0 Å². The van der Waals surface area contributed by atoms with Gasteiger partial charge in [0.25, 0.3) is 0 Å². The van der Waals surface area contributed by atoms with E-state index in [1.54, 1.807) is 6.20 Å². The number of H-pyrrole nitrogens is 1. The molecule has 1 N–H and O–H groups in total. The fourth-order valence-corrected chi connectivity index (χ4v) is 4.37. The molecule has 2 saturated carbocycles. The Morgan fingerprint density at radius 1 is 1.35 bits per heavy atom. The van der Waals surface area contributed by atoms with Crippen molar-refractivity contribution in [1.82, 2.24) is 24.6 Å². The quantitative estimate of drug-likeness (QED) is 0.712. The average molecular weight is 353 g/mol. The summed E-state index contributed by atoms with van der Waals surface area (Å²) in [6.07, 6.45) is 9.33. The van der Waals surface area contributed by atoms with E-state index in [1.807, 2.05) is 12.3 Å². The van der Waals surface area contributed by atoms with E-state index in [1.165, 1.54) is 12.8 Å². The summed E-state index contributed by atoms with van der Waals surface area (Å²) in [6.45, 7) is 2.20. The maximum Gasteiger partial charge on any atom is 0.306 e. The van der Waals surface area contributed by atoms with E-state index < -0.39 is 0 Å². The van der Waals surface area contributed by atoms with Gasteiger partial charge in [-0.15, -0.1) is 10.2 Å².